The van der Waals surface area contributed by atoms with E-state index >= 15 is 0 Å². The lowest BCUT2D eigenvalue weighted by molar-refractivity contribution is 0.274. The number of nitrogen functional groups attached to an aromatic ring is 1. The summed E-state index contributed by atoms with van der Waals surface area (Å²) < 4.78 is 0. The third kappa shape index (κ3) is 3.41. The zero-order chi connectivity index (χ0) is 13.0. The van der Waals surface area contributed by atoms with Gasteiger partial charge in [0.15, 0.2) is 0 Å². The summed E-state index contributed by atoms with van der Waals surface area (Å²) in [7, 11) is 0. The molecule has 0 radical (unpaired) electrons. The second-order valence-electron chi connectivity index (χ2n) is 5.87. The largest absolute Gasteiger partial charge is 0.398 e. The van der Waals surface area contributed by atoms with E-state index in [9.17, 15) is 0 Å². The summed E-state index contributed by atoms with van der Waals surface area (Å²) >= 11 is 0. The highest BCUT2D eigenvalue weighted by atomic mass is 14.9. The van der Waals surface area contributed by atoms with Gasteiger partial charge in [-0.05, 0) is 49.3 Å². The highest BCUT2D eigenvalue weighted by Gasteiger charge is 2.18. The first kappa shape index (κ1) is 13.3. The molecule has 0 spiro atoms. The summed E-state index contributed by atoms with van der Waals surface area (Å²) in [5.74, 6) is 1.85. The van der Waals surface area contributed by atoms with Crippen LogP contribution in [0.15, 0.2) is 18.2 Å². The Morgan fingerprint density at radius 3 is 2.94 bits per heavy atom. The molecule has 0 amide bonds. The van der Waals surface area contributed by atoms with Gasteiger partial charge in [0.1, 0.15) is 0 Å². The van der Waals surface area contributed by atoms with Crippen LogP contribution < -0.4 is 11.1 Å². The lowest BCUT2D eigenvalue weighted by atomic mass is 9.81. The van der Waals surface area contributed by atoms with E-state index < -0.39 is 0 Å². The predicted molar refractivity (Wildman–Crippen MR) is 79.8 cm³/mol. The van der Waals surface area contributed by atoms with E-state index in [0.29, 0.717) is 0 Å². The maximum atomic E-state index is 5.91. The van der Waals surface area contributed by atoms with Gasteiger partial charge < -0.3 is 11.1 Å². The van der Waals surface area contributed by atoms with Crippen LogP contribution in [0.2, 0.25) is 0 Å². The Kier molecular flexibility index (Phi) is 4.51. The molecule has 0 aliphatic heterocycles. The van der Waals surface area contributed by atoms with Crippen molar-refractivity contribution >= 4 is 11.4 Å². The quantitative estimate of drug-likeness (QED) is 0.781. The standard InChI is InChI=1S/C16H26N2/c1-12-5-3-6-14(11-12)9-10-18-16-8-4-7-15(17)13(16)2/h4,7-8,12,14,18H,3,5-6,9-11,17H2,1-2H3. The van der Waals surface area contributed by atoms with Gasteiger partial charge in [0.25, 0.3) is 0 Å². The van der Waals surface area contributed by atoms with Gasteiger partial charge in [-0.3, -0.25) is 0 Å². The minimum Gasteiger partial charge on any atom is -0.398 e. The van der Waals surface area contributed by atoms with E-state index in [0.717, 1.165) is 24.1 Å². The molecule has 1 aliphatic rings. The molecular weight excluding hydrogens is 220 g/mol. The van der Waals surface area contributed by atoms with Gasteiger partial charge in [-0.1, -0.05) is 32.3 Å². The van der Waals surface area contributed by atoms with Crippen molar-refractivity contribution in [2.45, 2.75) is 46.0 Å². The summed E-state index contributed by atoms with van der Waals surface area (Å²) in [6.07, 6.45) is 6.97. The van der Waals surface area contributed by atoms with Crippen LogP contribution in [0.5, 0.6) is 0 Å². The summed E-state index contributed by atoms with van der Waals surface area (Å²) in [6, 6.07) is 6.10. The van der Waals surface area contributed by atoms with Crippen LogP contribution in [0.4, 0.5) is 11.4 Å². The van der Waals surface area contributed by atoms with Crippen molar-refractivity contribution in [3.8, 4) is 0 Å². The first-order chi connectivity index (χ1) is 8.66. The number of anilines is 2. The fourth-order valence-electron chi connectivity index (χ4n) is 3.08. The van der Waals surface area contributed by atoms with Crippen molar-refractivity contribution in [3.05, 3.63) is 23.8 Å². The van der Waals surface area contributed by atoms with E-state index in [1.165, 1.54) is 43.4 Å². The highest BCUT2D eigenvalue weighted by molar-refractivity contribution is 5.62. The summed E-state index contributed by atoms with van der Waals surface area (Å²) in [5.41, 5.74) is 9.16. The van der Waals surface area contributed by atoms with Gasteiger partial charge in [-0.2, -0.15) is 0 Å². The molecule has 1 aromatic carbocycles. The smallest absolute Gasteiger partial charge is 0.0390 e. The first-order valence-electron chi connectivity index (χ1n) is 7.25. The molecule has 0 bridgehead atoms. The van der Waals surface area contributed by atoms with E-state index in [1.54, 1.807) is 0 Å². The molecule has 0 saturated heterocycles. The van der Waals surface area contributed by atoms with Gasteiger partial charge in [-0.15, -0.1) is 0 Å². The van der Waals surface area contributed by atoms with Crippen molar-refractivity contribution in [3.63, 3.8) is 0 Å². The Morgan fingerprint density at radius 2 is 2.17 bits per heavy atom. The van der Waals surface area contributed by atoms with Crippen LogP contribution in [0, 0.1) is 18.8 Å². The van der Waals surface area contributed by atoms with Gasteiger partial charge >= 0.3 is 0 Å². The number of rotatable bonds is 4. The Hall–Kier alpha value is -1.18. The molecule has 0 heterocycles. The molecule has 2 atom stereocenters. The van der Waals surface area contributed by atoms with Crippen molar-refractivity contribution in [2.24, 2.45) is 11.8 Å². The second kappa shape index (κ2) is 6.12. The van der Waals surface area contributed by atoms with Crippen LogP contribution in [0.1, 0.15) is 44.6 Å². The molecule has 2 nitrogen and oxygen atoms in total. The van der Waals surface area contributed by atoms with Gasteiger partial charge in [0, 0.05) is 17.9 Å². The lowest BCUT2D eigenvalue weighted by Crippen LogP contribution is -2.16. The molecule has 1 aromatic rings. The minimum absolute atomic E-state index is 0.881. The van der Waals surface area contributed by atoms with Crippen LogP contribution in [-0.4, -0.2) is 6.54 Å². The molecule has 3 N–H and O–H groups in total. The van der Waals surface area contributed by atoms with Gasteiger partial charge in [-0.25, -0.2) is 0 Å². The van der Waals surface area contributed by atoms with Crippen LogP contribution >= 0.6 is 0 Å². The fourth-order valence-corrected chi connectivity index (χ4v) is 3.08. The van der Waals surface area contributed by atoms with E-state index in [1.807, 2.05) is 12.1 Å². The zero-order valence-corrected chi connectivity index (χ0v) is 11.7. The number of benzene rings is 1. The molecule has 2 unspecified atom stereocenters. The summed E-state index contributed by atoms with van der Waals surface area (Å²) in [6.45, 7) is 5.55. The SMILES string of the molecule is Cc1c(N)cccc1NCCC1CCCC(C)C1. The lowest BCUT2D eigenvalue weighted by Gasteiger charge is -2.26. The molecule has 100 valence electrons. The first-order valence-corrected chi connectivity index (χ1v) is 7.25. The Morgan fingerprint density at radius 1 is 1.33 bits per heavy atom. The van der Waals surface area contributed by atoms with Crippen molar-refractivity contribution in [2.75, 3.05) is 17.6 Å². The Bertz CT molecular complexity index is 387. The molecule has 2 rings (SSSR count). The zero-order valence-electron chi connectivity index (χ0n) is 11.7. The predicted octanol–water partition coefficient (Wildman–Crippen LogP) is 4.21. The Balaban J connectivity index is 1.79. The maximum Gasteiger partial charge on any atom is 0.0390 e. The fraction of sp³-hybridized carbons (Fsp3) is 0.625. The van der Waals surface area contributed by atoms with Crippen LogP contribution in [0.3, 0.4) is 0 Å². The molecule has 0 aromatic heterocycles. The molecule has 1 aliphatic carbocycles. The van der Waals surface area contributed by atoms with E-state index in [4.69, 9.17) is 5.73 Å². The van der Waals surface area contributed by atoms with Crippen molar-refractivity contribution in [1.82, 2.24) is 0 Å². The number of nitrogens with two attached hydrogens (primary N) is 1. The molecular formula is C16H26N2. The molecule has 18 heavy (non-hydrogen) atoms. The summed E-state index contributed by atoms with van der Waals surface area (Å²) in [5, 5.41) is 3.54. The van der Waals surface area contributed by atoms with Crippen LogP contribution in [-0.2, 0) is 0 Å². The molecule has 1 fully saturated rings. The van der Waals surface area contributed by atoms with Crippen molar-refractivity contribution < 1.29 is 0 Å². The van der Waals surface area contributed by atoms with E-state index in [-0.39, 0.29) is 0 Å². The third-order valence-corrected chi connectivity index (χ3v) is 4.29. The third-order valence-electron chi connectivity index (χ3n) is 4.29. The highest BCUT2D eigenvalue weighted by Crippen LogP contribution is 2.30. The normalized spacial score (nSPS) is 23.9. The average molecular weight is 246 g/mol. The topological polar surface area (TPSA) is 38.0 Å². The monoisotopic (exact) mass is 246 g/mol. The Labute approximate surface area is 111 Å². The second-order valence-corrected chi connectivity index (χ2v) is 5.87. The van der Waals surface area contributed by atoms with E-state index in [2.05, 4.69) is 25.2 Å². The summed E-state index contributed by atoms with van der Waals surface area (Å²) in [4.78, 5) is 0. The number of hydrogen-bond donors (Lipinski definition) is 2. The van der Waals surface area contributed by atoms with Crippen LogP contribution in [0.25, 0.3) is 0 Å². The van der Waals surface area contributed by atoms with Crippen molar-refractivity contribution in [1.29, 1.82) is 0 Å². The molecule has 1 saturated carbocycles. The van der Waals surface area contributed by atoms with Gasteiger partial charge in [0.2, 0.25) is 0 Å². The number of nitrogens with one attached hydrogen (secondary N) is 1. The minimum atomic E-state index is 0.881. The average Bonchev–Trinajstić information content (AvgIpc) is 2.35. The molecule has 2 heteroatoms. The maximum absolute atomic E-state index is 5.91. The van der Waals surface area contributed by atoms with Gasteiger partial charge in [0.05, 0.1) is 0 Å². The number of hydrogen-bond acceptors (Lipinski definition) is 2.